The molecular weight excluding hydrogens is 1250 g/mol. The third kappa shape index (κ3) is 67.6. The lowest BCUT2D eigenvalue weighted by Crippen LogP contribution is -2.30. The van der Waals surface area contributed by atoms with Gasteiger partial charge in [-0.25, -0.2) is 9.13 Å². The predicted molar refractivity (Wildman–Crippen MR) is 386 cm³/mol. The Kier molecular flexibility index (Phi) is 64.0. The van der Waals surface area contributed by atoms with Gasteiger partial charge in [-0.1, -0.05) is 331 Å². The minimum atomic E-state index is -4.96. The van der Waals surface area contributed by atoms with E-state index < -0.39 is 97.5 Å². The van der Waals surface area contributed by atoms with Crippen molar-refractivity contribution in [1.82, 2.24) is 0 Å². The standard InChI is InChI=1S/C76H148O17P2/c1-9-68(7)54-46-38-30-23-19-15-11-12-16-20-24-31-40-48-56-73(78)86-62-71(92-75(80)58-50-42-33-25-21-17-13-14-18-22-28-36-44-52-66(3)4)64-90-94(82,83)88-60-70(77)61-89-95(84,85)91-65-72(93-76(81)59-51-43-35-34-39-47-55-69(8)10-2)63-87-74(79)57-49-41-32-27-26-29-37-45-53-67(5)6/h66-72,77H,9-65H2,1-8H3,(H,82,83)(H,84,85)/t68?,69?,70?,71-,72-/m1/s1. The number of phosphoric ester groups is 2. The molecule has 0 rings (SSSR count). The Morgan fingerprint density at radius 1 is 0.295 bits per heavy atom. The molecule has 19 heteroatoms. The third-order valence-electron chi connectivity index (χ3n) is 18.3. The summed E-state index contributed by atoms with van der Waals surface area (Å²) < 4.78 is 68.5. The van der Waals surface area contributed by atoms with Crippen LogP contribution >= 0.6 is 15.6 Å². The molecule has 0 heterocycles. The van der Waals surface area contributed by atoms with Gasteiger partial charge >= 0.3 is 39.5 Å². The van der Waals surface area contributed by atoms with Crippen LogP contribution in [0, 0.1) is 23.7 Å². The molecule has 0 aromatic heterocycles. The van der Waals surface area contributed by atoms with Crippen LogP contribution in [0.2, 0.25) is 0 Å². The van der Waals surface area contributed by atoms with Crippen LogP contribution in [0.5, 0.6) is 0 Å². The van der Waals surface area contributed by atoms with E-state index in [1.54, 1.807) is 0 Å². The first-order valence-electron chi connectivity index (χ1n) is 39.3. The highest BCUT2D eigenvalue weighted by atomic mass is 31.2. The number of rotatable bonds is 73. The van der Waals surface area contributed by atoms with Crippen molar-refractivity contribution in [2.24, 2.45) is 23.7 Å². The summed E-state index contributed by atoms with van der Waals surface area (Å²) in [5.41, 5.74) is 0. The van der Waals surface area contributed by atoms with Gasteiger partial charge in [0.15, 0.2) is 12.2 Å². The maximum atomic E-state index is 13.1. The second kappa shape index (κ2) is 65.4. The average molecular weight is 1400 g/mol. The lowest BCUT2D eigenvalue weighted by molar-refractivity contribution is -0.161. The van der Waals surface area contributed by atoms with Crippen LogP contribution in [0.1, 0.15) is 383 Å². The smallest absolute Gasteiger partial charge is 0.462 e. The highest BCUT2D eigenvalue weighted by Crippen LogP contribution is 2.45. The summed E-state index contributed by atoms with van der Waals surface area (Å²) in [5.74, 6) is 0.959. The predicted octanol–water partition coefficient (Wildman–Crippen LogP) is 22.0. The van der Waals surface area contributed by atoms with Crippen LogP contribution in [0.3, 0.4) is 0 Å². The first-order chi connectivity index (χ1) is 45.7. The van der Waals surface area contributed by atoms with E-state index in [1.165, 1.54) is 186 Å². The fourth-order valence-electron chi connectivity index (χ4n) is 11.5. The molecule has 0 aromatic rings. The maximum Gasteiger partial charge on any atom is 0.472 e. The number of carbonyl (C=O) groups is 4. The minimum absolute atomic E-state index is 0.102. The van der Waals surface area contributed by atoms with E-state index in [0.29, 0.717) is 25.7 Å². The maximum absolute atomic E-state index is 13.1. The number of phosphoric acid groups is 2. The first kappa shape index (κ1) is 93.1. The lowest BCUT2D eigenvalue weighted by atomic mass is 9.99. The zero-order valence-corrected chi connectivity index (χ0v) is 64.1. The lowest BCUT2D eigenvalue weighted by Gasteiger charge is -2.21. The van der Waals surface area contributed by atoms with E-state index >= 15 is 0 Å². The molecule has 0 fully saturated rings. The second-order valence-electron chi connectivity index (χ2n) is 28.8. The molecule has 0 aliphatic heterocycles. The summed E-state index contributed by atoms with van der Waals surface area (Å²) in [7, 11) is -9.91. The van der Waals surface area contributed by atoms with Gasteiger partial charge in [0.2, 0.25) is 0 Å². The Hall–Kier alpha value is -1.94. The molecule has 7 atom stereocenters. The molecule has 0 aliphatic carbocycles. The number of ether oxygens (including phenoxy) is 4. The van der Waals surface area contributed by atoms with Gasteiger partial charge in [0.25, 0.3) is 0 Å². The summed E-state index contributed by atoms with van der Waals surface area (Å²) in [6, 6.07) is 0. The van der Waals surface area contributed by atoms with Crippen LogP contribution < -0.4 is 0 Å². The Bertz CT molecular complexity index is 1870. The normalized spacial score (nSPS) is 14.7. The van der Waals surface area contributed by atoms with Crippen LogP contribution in [0.25, 0.3) is 0 Å². The van der Waals surface area contributed by atoms with Crippen molar-refractivity contribution in [3.8, 4) is 0 Å². The Balaban J connectivity index is 5.24. The summed E-state index contributed by atoms with van der Waals surface area (Å²) >= 11 is 0. The minimum Gasteiger partial charge on any atom is -0.462 e. The summed E-state index contributed by atoms with van der Waals surface area (Å²) in [6.45, 7) is 14.2. The van der Waals surface area contributed by atoms with Gasteiger partial charge in [-0.15, -0.1) is 0 Å². The van der Waals surface area contributed by atoms with Crippen molar-refractivity contribution in [3.05, 3.63) is 0 Å². The van der Waals surface area contributed by atoms with Gasteiger partial charge in [0.05, 0.1) is 26.4 Å². The van der Waals surface area contributed by atoms with Gasteiger partial charge in [-0.2, -0.15) is 0 Å². The number of hydrogen-bond donors (Lipinski definition) is 3. The van der Waals surface area contributed by atoms with Gasteiger partial charge in [0.1, 0.15) is 19.3 Å². The van der Waals surface area contributed by atoms with Gasteiger partial charge in [0, 0.05) is 25.7 Å². The van der Waals surface area contributed by atoms with Crippen LogP contribution in [0.4, 0.5) is 0 Å². The van der Waals surface area contributed by atoms with Gasteiger partial charge < -0.3 is 33.8 Å². The summed E-state index contributed by atoms with van der Waals surface area (Å²) in [5, 5.41) is 10.6. The molecule has 0 saturated carbocycles. The first-order valence-corrected chi connectivity index (χ1v) is 42.3. The van der Waals surface area contributed by atoms with Gasteiger partial charge in [-0.05, 0) is 49.4 Å². The van der Waals surface area contributed by atoms with Crippen molar-refractivity contribution in [2.75, 3.05) is 39.6 Å². The van der Waals surface area contributed by atoms with Crippen molar-refractivity contribution in [3.63, 3.8) is 0 Å². The van der Waals surface area contributed by atoms with E-state index in [9.17, 15) is 43.2 Å². The fourth-order valence-corrected chi connectivity index (χ4v) is 13.1. The highest BCUT2D eigenvalue weighted by molar-refractivity contribution is 7.47. The van der Waals surface area contributed by atoms with Crippen molar-refractivity contribution < 1.29 is 80.2 Å². The molecule has 95 heavy (non-hydrogen) atoms. The van der Waals surface area contributed by atoms with Crippen molar-refractivity contribution >= 4 is 39.5 Å². The van der Waals surface area contributed by atoms with E-state index in [0.717, 1.165) is 114 Å². The van der Waals surface area contributed by atoms with E-state index in [4.69, 9.17) is 37.0 Å². The van der Waals surface area contributed by atoms with Crippen molar-refractivity contribution in [1.29, 1.82) is 0 Å². The SMILES string of the molecule is CCC(C)CCCCCCCCCCCCCCCCC(=O)OC[C@H](COP(=O)(O)OCC(O)COP(=O)(O)OC[C@@H](COC(=O)CCCCCCCCCCC(C)C)OC(=O)CCCCCCCCC(C)CC)OC(=O)CCCCCCCCCCCCCCCC(C)C. The number of esters is 4. The van der Waals surface area contributed by atoms with E-state index in [1.807, 2.05) is 0 Å². The summed E-state index contributed by atoms with van der Waals surface area (Å²) in [6.07, 6.45) is 50.0. The molecule has 0 radical (unpaired) electrons. The second-order valence-corrected chi connectivity index (χ2v) is 31.7. The number of hydrogen-bond acceptors (Lipinski definition) is 15. The number of unbranched alkanes of at least 4 members (excludes halogenated alkanes) is 37. The van der Waals surface area contributed by atoms with Gasteiger partial charge in [-0.3, -0.25) is 37.3 Å². The number of aliphatic hydroxyl groups is 1. The Labute approximate surface area is 581 Å². The molecular formula is C76H148O17P2. The molecule has 17 nitrogen and oxygen atoms in total. The zero-order valence-electron chi connectivity index (χ0n) is 62.3. The van der Waals surface area contributed by atoms with Crippen LogP contribution in [0.15, 0.2) is 0 Å². The molecule has 0 spiro atoms. The van der Waals surface area contributed by atoms with Crippen LogP contribution in [-0.4, -0.2) is 96.7 Å². The molecule has 3 N–H and O–H groups in total. The quantitative estimate of drug-likeness (QED) is 0.0222. The Morgan fingerprint density at radius 2 is 0.505 bits per heavy atom. The highest BCUT2D eigenvalue weighted by Gasteiger charge is 2.30. The molecule has 0 aromatic carbocycles. The topological polar surface area (TPSA) is 237 Å². The zero-order chi connectivity index (χ0) is 70.3. The molecule has 0 amide bonds. The van der Waals surface area contributed by atoms with Crippen LogP contribution in [-0.2, 0) is 65.4 Å². The molecule has 564 valence electrons. The molecule has 0 bridgehead atoms. The molecule has 0 saturated heterocycles. The largest absolute Gasteiger partial charge is 0.472 e. The number of aliphatic hydroxyl groups excluding tert-OH is 1. The van der Waals surface area contributed by atoms with E-state index in [2.05, 4.69) is 55.4 Å². The number of carbonyl (C=O) groups excluding carboxylic acids is 4. The Morgan fingerprint density at radius 3 is 0.747 bits per heavy atom. The van der Waals surface area contributed by atoms with E-state index in [-0.39, 0.29) is 25.7 Å². The fraction of sp³-hybridized carbons (Fsp3) is 0.947. The summed E-state index contributed by atoms with van der Waals surface area (Å²) in [4.78, 5) is 72.8. The molecule has 0 aliphatic rings. The third-order valence-corrected chi connectivity index (χ3v) is 20.2. The average Bonchev–Trinajstić information content (AvgIpc) is 1.28. The molecule has 5 unspecified atom stereocenters. The monoisotopic (exact) mass is 1400 g/mol. The van der Waals surface area contributed by atoms with Crippen molar-refractivity contribution in [2.45, 2.75) is 401 Å².